The monoisotopic (exact) mass is 381 g/mol. The molecule has 1 amide bonds. The van der Waals surface area contributed by atoms with E-state index in [-0.39, 0.29) is 17.6 Å². The summed E-state index contributed by atoms with van der Waals surface area (Å²) in [5, 5.41) is 7.35. The van der Waals surface area contributed by atoms with E-state index in [1.807, 2.05) is 49.4 Å². The quantitative estimate of drug-likeness (QED) is 0.679. The minimum Gasteiger partial charge on any atom is -0.497 e. The van der Waals surface area contributed by atoms with Crippen molar-refractivity contribution in [2.45, 2.75) is 13.0 Å². The summed E-state index contributed by atoms with van der Waals surface area (Å²) in [7, 11) is 4.69. The molecule has 0 fully saturated rings. The molecule has 1 heterocycles. The number of para-hydroxylation sites is 1. The van der Waals surface area contributed by atoms with Gasteiger partial charge in [-0.05, 0) is 37.3 Å². The van der Waals surface area contributed by atoms with Gasteiger partial charge in [-0.15, -0.1) is 0 Å². The average molecular weight is 381 g/mol. The number of hydrogen-bond acceptors (Lipinski definition) is 5. The Morgan fingerprint density at radius 1 is 1.00 bits per heavy atom. The Balaban J connectivity index is 1.86. The Labute approximate surface area is 163 Å². The van der Waals surface area contributed by atoms with Crippen molar-refractivity contribution in [2.75, 3.05) is 21.3 Å². The van der Waals surface area contributed by atoms with Gasteiger partial charge in [-0.3, -0.25) is 4.79 Å². The van der Waals surface area contributed by atoms with E-state index >= 15 is 0 Å². The molecular formula is C21H23N3O4. The third kappa shape index (κ3) is 3.93. The molecule has 0 bridgehead atoms. The molecule has 146 valence electrons. The van der Waals surface area contributed by atoms with Gasteiger partial charge in [0.2, 0.25) is 0 Å². The molecule has 7 heteroatoms. The first-order valence-electron chi connectivity index (χ1n) is 8.79. The summed E-state index contributed by atoms with van der Waals surface area (Å²) in [6.07, 6.45) is 1.68. The van der Waals surface area contributed by atoms with Crippen LogP contribution in [0, 0.1) is 0 Å². The van der Waals surface area contributed by atoms with Crippen molar-refractivity contribution >= 4 is 5.91 Å². The zero-order chi connectivity index (χ0) is 20.1. The molecule has 28 heavy (non-hydrogen) atoms. The Kier molecular flexibility index (Phi) is 5.84. The Hall–Kier alpha value is -3.48. The second-order valence-electron chi connectivity index (χ2n) is 6.13. The number of nitrogens with one attached hydrogen (secondary N) is 1. The van der Waals surface area contributed by atoms with E-state index in [1.165, 1.54) is 7.11 Å². The molecule has 0 aliphatic rings. The molecule has 0 aliphatic carbocycles. The summed E-state index contributed by atoms with van der Waals surface area (Å²) in [6, 6.07) is 14.6. The smallest absolute Gasteiger partial charge is 0.276 e. The molecule has 7 nitrogen and oxygen atoms in total. The normalized spacial score (nSPS) is 11.6. The molecule has 3 aromatic rings. The van der Waals surface area contributed by atoms with E-state index in [0.717, 1.165) is 11.3 Å². The van der Waals surface area contributed by atoms with Crippen LogP contribution in [0.15, 0.2) is 54.7 Å². The van der Waals surface area contributed by atoms with Gasteiger partial charge in [0.05, 0.1) is 39.3 Å². The number of hydrogen-bond donors (Lipinski definition) is 1. The van der Waals surface area contributed by atoms with Crippen molar-refractivity contribution in [3.05, 3.63) is 66.0 Å². The van der Waals surface area contributed by atoms with Crippen LogP contribution in [0.25, 0.3) is 5.69 Å². The molecule has 3 rings (SSSR count). The number of amides is 1. The van der Waals surface area contributed by atoms with Gasteiger partial charge in [-0.25, -0.2) is 4.68 Å². The number of nitrogens with zero attached hydrogens (tertiary/aromatic N) is 2. The maximum atomic E-state index is 12.9. The number of benzene rings is 2. The molecule has 1 atom stereocenters. The van der Waals surface area contributed by atoms with Crippen molar-refractivity contribution in [1.29, 1.82) is 0 Å². The molecule has 1 N–H and O–H groups in total. The van der Waals surface area contributed by atoms with Crippen LogP contribution in [0.1, 0.15) is 29.0 Å². The molecule has 2 aromatic carbocycles. The van der Waals surface area contributed by atoms with Crippen LogP contribution < -0.4 is 19.5 Å². The van der Waals surface area contributed by atoms with Gasteiger partial charge in [0, 0.05) is 5.56 Å². The summed E-state index contributed by atoms with van der Waals surface area (Å²) < 4.78 is 17.7. The third-order valence-electron chi connectivity index (χ3n) is 4.39. The topological polar surface area (TPSA) is 74.6 Å². The maximum Gasteiger partial charge on any atom is 0.276 e. The molecule has 1 unspecified atom stereocenters. The molecule has 0 saturated heterocycles. The van der Waals surface area contributed by atoms with Crippen molar-refractivity contribution in [1.82, 2.24) is 15.1 Å². The van der Waals surface area contributed by atoms with Gasteiger partial charge in [0.15, 0.2) is 11.4 Å². The molecule has 0 spiro atoms. The predicted molar refractivity (Wildman–Crippen MR) is 106 cm³/mol. The lowest BCUT2D eigenvalue weighted by Crippen LogP contribution is -2.27. The van der Waals surface area contributed by atoms with Gasteiger partial charge in [-0.1, -0.05) is 18.2 Å². The zero-order valence-electron chi connectivity index (χ0n) is 16.3. The first kappa shape index (κ1) is 19.3. The molecule has 0 saturated carbocycles. The minimum absolute atomic E-state index is 0.208. The fourth-order valence-corrected chi connectivity index (χ4v) is 2.90. The average Bonchev–Trinajstić information content (AvgIpc) is 3.18. The standard InChI is InChI=1S/C21H23N3O4/c1-14(17-12-16(26-2)10-11-18(17)27-3)22-21(25)20-19(28-4)13-24(23-20)15-8-6-5-7-9-15/h5-14H,1-4H3,(H,22,25). The minimum atomic E-state index is -0.344. The molecule has 0 aliphatic heterocycles. The summed E-state index contributed by atoms with van der Waals surface area (Å²) >= 11 is 0. The summed E-state index contributed by atoms with van der Waals surface area (Å²) in [6.45, 7) is 1.87. The van der Waals surface area contributed by atoms with E-state index in [2.05, 4.69) is 10.4 Å². The summed E-state index contributed by atoms with van der Waals surface area (Å²) in [4.78, 5) is 12.9. The third-order valence-corrected chi connectivity index (χ3v) is 4.39. The van der Waals surface area contributed by atoms with Crippen LogP contribution in [-0.2, 0) is 0 Å². The predicted octanol–water partition coefficient (Wildman–Crippen LogP) is 3.39. The fourth-order valence-electron chi connectivity index (χ4n) is 2.90. The SMILES string of the molecule is COc1ccc(OC)c(C(C)NC(=O)c2nn(-c3ccccc3)cc2OC)c1. The Morgan fingerprint density at radius 3 is 2.36 bits per heavy atom. The number of carbonyl (C=O) groups is 1. The lowest BCUT2D eigenvalue weighted by molar-refractivity contribution is 0.0931. The lowest BCUT2D eigenvalue weighted by atomic mass is 10.1. The number of rotatable bonds is 7. The molecule has 0 radical (unpaired) electrons. The second kappa shape index (κ2) is 8.47. The Morgan fingerprint density at radius 2 is 1.71 bits per heavy atom. The highest BCUT2D eigenvalue weighted by molar-refractivity contribution is 5.95. The second-order valence-corrected chi connectivity index (χ2v) is 6.13. The molecule has 1 aromatic heterocycles. The largest absolute Gasteiger partial charge is 0.497 e. The lowest BCUT2D eigenvalue weighted by Gasteiger charge is -2.18. The van der Waals surface area contributed by atoms with Crippen LogP contribution in [0.2, 0.25) is 0 Å². The summed E-state index contributed by atoms with van der Waals surface area (Å²) in [5.74, 6) is 1.40. The van der Waals surface area contributed by atoms with E-state index in [4.69, 9.17) is 14.2 Å². The van der Waals surface area contributed by atoms with Gasteiger partial charge in [-0.2, -0.15) is 5.10 Å². The Bertz CT molecular complexity index is 954. The van der Waals surface area contributed by atoms with Crippen LogP contribution in [-0.4, -0.2) is 37.0 Å². The fraction of sp³-hybridized carbons (Fsp3) is 0.238. The number of carbonyl (C=O) groups excluding carboxylic acids is 1. The van der Waals surface area contributed by atoms with Crippen LogP contribution >= 0.6 is 0 Å². The highest BCUT2D eigenvalue weighted by Gasteiger charge is 2.22. The van der Waals surface area contributed by atoms with E-state index in [9.17, 15) is 4.79 Å². The van der Waals surface area contributed by atoms with E-state index < -0.39 is 0 Å². The maximum absolute atomic E-state index is 12.9. The highest BCUT2D eigenvalue weighted by atomic mass is 16.5. The van der Waals surface area contributed by atoms with E-state index in [1.54, 1.807) is 31.2 Å². The van der Waals surface area contributed by atoms with Gasteiger partial charge in [0.25, 0.3) is 5.91 Å². The first-order valence-corrected chi connectivity index (χ1v) is 8.79. The van der Waals surface area contributed by atoms with Crippen molar-refractivity contribution in [3.8, 4) is 22.9 Å². The zero-order valence-corrected chi connectivity index (χ0v) is 16.3. The first-order chi connectivity index (χ1) is 13.6. The van der Waals surface area contributed by atoms with E-state index in [0.29, 0.717) is 17.2 Å². The van der Waals surface area contributed by atoms with Crippen molar-refractivity contribution in [2.24, 2.45) is 0 Å². The van der Waals surface area contributed by atoms with Gasteiger partial charge >= 0.3 is 0 Å². The van der Waals surface area contributed by atoms with Gasteiger partial charge in [0.1, 0.15) is 11.5 Å². The van der Waals surface area contributed by atoms with Crippen molar-refractivity contribution < 1.29 is 19.0 Å². The molecular weight excluding hydrogens is 358 g/mol. The van der Waals surface area contributed by atoms with Crippen LogP contribution in [0.3, 0.4) is 0 Å². The number of ether oxygens (including phenoxy) is 3. The van der Waals surface area contributed by atoms with Crippen LogP contribution in [0.4, 0.5) is 0 Å². The van der Waals surface area contributed by atoms with Gasteiger partial charge < -0.3 is 19.5 Å². The summed E-state index contributed by atoms with van der Waals surface area (Å²) in [5.41, 5.74) is 1.85. The highest BCUT2D eigenvalue weighted by Crippen LogP contribution is 2.30. The number of methoxy groups -OCH3 is 3. The number of aromatic nitrogens is 2. The van der Waals surface area contributed by atoms with Crippen molar-refractivity contribution in [3.63, 3.8) is 0 Å². The van der Waals surface area contributed by atoms with Crippen LogP contribution in [0.5, 0.6) is 17.2 Å².